The van der Waals surface area contributed by atoms with E-state index in [0.29, 0.717) is 13.2 Å². The van der Waals surface area contributed by atoms with Crippen molar-refractivity contribution < 1.29 is 14.3 Å². The van der Waals surface area contributed by atoms with Gasteiger partial charge in [-0.15, -0.1) is 0 Å². The largest absolute Gasteiger partial charge is 0.448 e. The normalized spacial score (nSPS) is 16.8. The summed E-state index contributed by atoms with van der Waals surface area (Å²) >= 11 is 2.25. The highest BCUT2D eigenvalue weighted by molar-refractivity contribution is 14.1. The van der Waals surface area contributed by atoms with Crippen LogP contribution in [0.1, 0.15) is 34.3 Å². The second-order valence-electron chi connectivity index (χ2n) is 7.84. The molecule has 7 heteroatoms. The monoisotopic (exact) mass is 519 g/mol. The molecule has 2 heterocycles. The Morgan fingerprint density at radius 2 is 1.80 bits per heavy atom. The topological polar surface area (TPSA) is 70.7 Å². The maximum absolute atomic E-state index is 12.7. The Morgan fingerprint density at radius 3 is 2.57 bits per heavy atom. The van der Waals surface area contributed by atoms with Crippen LogP contribution < -0.4 is 10.6 Å². The van der Waals surface area contributed by atoms with E-state index in [9.17, 15) is 9.59 Å². The molecule has 6 nitrogen and oxygen atoms in total. The average molecular weight is 519 g/mol. The van der Waals surface area contributed by atoms with E-state index in [1.807, 2.05) is 42.5 Å². The molecule has 30 heavy (non-hydrogen) atoms. The lowest BCUT2D eigenvalue weighted by molar-refractivity contribution is 0.0813. The number of benzene rings is 2. The van der Waals surface area contributed by atoms with E-state index in [4.69, 9.17) is 4.74 Å². The van der Waals surface area contributed by atoms with Crippen molar-refractivity contribution in [1.82, 2.24) is 10.2 Å². The van der Waals surface area contributed by atoms with Crippen LogP contribution in [-0.2, 0) is 17.8 Å². The average Bonchev–Trinajstić information content (AvgIpc) is 3.22. The van der Waals surface area contributed by atoms with Crippen molar-refractivity contribution >= 4 is 40.2 Å². The molecule has 0 spiro atoms. The SMILES string of the molecule is O=C(Nc1ccc2c(c1)CNC2)OCCN1CCC(C(=O)c2ccc(I)cc2)CC1. The fourth-order valence-corrected chi connectivity index (χ4v) is 4.42. The van der Waals surface area contributed by atoms with Gasteiger partial charge in [0, 0.05) is 40.4 Å². The number of nitrogens with one attached hydrogen (secondary N) is 2. The summed E-state index contributed by atoms with van der Waals surface area (Å²) in [6.07, 6.45) is 1.27. The Morgan fingerprint density at radius 1 is 1.07 bits per heavy atom. The van der Waals surface area contributed by atoms with Crippen molar-refractivity contribution in [3.63, 3.8) is 0 Å². The standard InChI is InChI=1S/C23H26IN3O3/c24-20-4-1-16(2-5-20)22(28)17-7-9-27(10-8-17)11-12-30-23(29)26-21-6-3-18-14-25-15-19(18)13-21/h1-6,13,17,25H,7-12,14-15H2,(H,26,29). The van der Waals surface area contributed by atoms with Crippen LogP contribution in [0, 0.1) is 9.49 Å². The third-order valence-corrected chi connectivity index (χ3v) is 6.53. The minimum atomic E-state index is -0.426. The zero-order valence-electron chi connectivity index (χ0n) is 16.8. The predicted molar refractivity (Wildman–Crippen MR) is 125 cm³/mol. The minimum Gasteiger partial charge on any atom is -0.448 e. The molecule has 0 unspecified atom stereocenters. The summed E-state index contributed by atoms with van der Waals surface area (Å²) in [6.45, 7) is 4.45. The number of amides is 1. The zero-order valence-corrected chi connectivity index (χ0v) is 19.0. The van der Waals surface area contributed by atoms with Crippen LogP contribution in [0.25, 0.3) is 0 Å². The van der Waals surface area contributed by atoms with Crippen LogP contribution in [0.5, 0.6) is 0 Å². The number of hydrogen-bond donors (Lipinski definition) is 2. The van der Waals surface area contributed by atoms with E-state index in [1.54, 1.807) is 0 Å². The van der Waals surface area contributed by atoms with Gasteiger partial charge in [-0.05, 0) is 83.9 Å². The summed E-state index contributed by atoms with van der Waals surface area (Å²) in [4.78, 5) is 27.0. The number of piperidine rings is 1. The second kappa shape index (κ2) is 9.89. The highest BCUT2D eigenvalue weighted by atomic mass is 127. The maximum atomic E-state index is 12.7. The lowest BCUT2D eigenvalue weighted by atomic mass is 9.89. The third-order valence-electron chi connectivity index (χ3n) is 5.81. The molecule has 1 saturated heterocycles. The number of anilines is 1. The highest BCUT2D eigenvalue weighted by Gasteiger charge is 2.25. The number of rotatable bonds is 6. The summed E-state index contributed by atoms with van der Waals surface area (Å²) in [7, 11) is 0. The Hall–Kier alpha value is -1.97. The summed E-state index contributed by atoms with van der Waals surface area (Å²) < 4.78 is 6.48. The molecule has 0 aromatic heterocycles. The van der Waals surface area contributed by atoms with E-state index in [0.717, 1.165) is 53.8 Å². The summed E-state index contributed by atoms with van der Waals surface area (Å²) in [6, 6.07) is 13.7. The first-order valence-electron chi connectivity index (χ1n) is 10.4. The molecule has 0 radical (unpaired) electrons. The van der Waals surface area contributed by atoms with Crippen molar-refractivity contribution in [3.05, 3.63) is 62.7 Å². The Kier molecular flexibility index (Phi) is 7.01. The van der Waals surface area contributed by atoms with Gasteiger partial charge in [0.1, 0.15) is 6.61 Å². The smallest absolute Gasteiger partial charge is 0.411 e. The van der Waals surface area contributed by atoms with Gasteiger partial charge in [0.25, 0.3) is 0 Å². The number of ketones is 1. The number of carbonyl (C=O) groups excluding carboxylic acids is 2. The van der Waals surface area contributed by atoms with Gasteiger partial charge >= 0.3 is 6.09 Å². The summed E-state index contributed by atoms with van der Waals surface area (Å²) in [5.41, 5.74) is 4.06. The Bertz CT molecular complexity index is 908. The lowest BCUT2D eigenvalue weighted by Crippen LogP contribution is -2.38. The van der Waals surface area contributed by atoms with Gasteiger partial charge in [0.2, 0.25) is 0 Å². The number of likely N-dealkylation sites (tertiary alicyclic amines) is 1. The van der Waals surface area contributed by atoms with E-state index >= 15 is 0 Å². The fourth-order valence-electron chi connectivity index (χ4n) is 4.06. The molecule has 1 fully saturated rings. The number of hydrogen-bond acceptors (Lipinski definition) is 5. The fraction of sp³-hybridized carbons (Fsp3) is 0.391. The minimum absolute atomic E-state index is 0.0832. The van der Waals surface area contributed by atoms with E-state index in [1.165, 1.54) is 11.1 Å². The summed E-state index contributed by atoms with van der Waals surface area (Å²) in [5, 5.41) is 6.09. The van der Waals surface area contributed by atoms with Gasteiger partial charge in [0.15, 0.2) is 5.78 Å². The van der Waals surface area contributed by atoms with Gasteiger partial charge in [0.05, 0.1) is 0 Å². The molecule has 158 valence electrons. The van der Waals surface area contributed by atoms with Crippen molar-refractivity contribution in [1.29, 1.82) is 0 Å². The number of ether oxygens (including phenoxy) is 1. The zero-order chi connectivity index (χ0) is 20.9. The predicted octanol–water partition coefficient (Wildman–Crippen LogP) is 4.04. The van der Waals surface area contributed by atoms with Gasteiger partial charge in [-0.25, -0.2) is 4.79 Å². The number of Topliss-reactive ketones (excluding diaryl/α,β-unsaturated/α-hetero) is 1. The first-order chi connectivity index (χ1) is 14.6. The first-order valence-corrected chi connectivity index (χ1v) is 11.4. The van der Waals surface area contributed by atoms with Crippen LogP contribution in [0.2, 0.25) is 0 Å². The van der Waals surface area contributed by atoms with E-state index in [-0.39, 0.29) is 11.7 Å². The van der Waals surface area contributed by atoms with Gasteiger partial charge in [-0.1, -0.05) is 18.2 Å². The molecule has 0 atom stereocenters. The molecule has 2 aliphatic heterocycles. The van der Waals surface area contributed by atoms with Crippen LogP contribution in [0.3, 0.4) is 0 Å². The molecule has 4 rings (SSSR count). The Labute approximate surface area is 190 Å². The van der Waals surface area contributed by atoms with Gasteiger partial charge in [-0.3, -0.25) is 15.0 Å². The van der Waals surface area contributed by atoms with Crippen LogP contribution in [0.4, 0.5) is 10.5 Å². The quantitative estimate of drug-likeness (QED) is 0.446. The van der Waals surface area contributed by atoms with Crippen LogP contribution >= 0.6 is 22.6 Å². The summed E-state index contributed by atoms with van der Waals surface area (Å²) in [5.74, 6) is 0.325. The molecule has 1 amide bonds. The molecule has 0 aliphatic carbocycles. The van der Waals surface area contributed by atoms with Crippen molar-refractivity contribution in [2.75, 3.05) is 31.6 Å². The van der Waals surface area contributed by atoms with Crippen molar-refractivity contribution in [3.8, 4) is 0 Å². The molecule has 2 aliphatic rings. The van der Waals surface area contributed by atoms with E-state index < -0.39 is 6.09 Å². The lowest BCUT2D eigenvalue weighted by Gasteiger charge is -2.31. The number of halogens is 1. The number of nitrogens with zero attached hydrogens (tertiary/aromatic N) is 1. The number of fused-ring (bicyclic) bond motifs is 1. The van der Waals surface area contributed by atoms with Crippen molar-refractivity contribution in [2.24, 2.45) is 5.92 Å². The van der Waals surface area contributed by atoms with Gasteiger partial charge in [-0.2, -0.15) is 0 Å². The molecule has 2 N–H and O–H groups in total. The maximum Gasteiger partial charge on any atom is 0.411 e. The number of carbonyl (C=O) groups is 2. The van der Waals surface area contributed by atoms with Crippen LogP contribution in [0.15, 0.2) is 42.5 Å². The molecule has 2 aromatic carbocycles. The molecule has 2 aromatic rings. The third kappa shape index (κ3) is 5.39. The second-order valence-corrected chi connectivity index (χ2v) is 9.08. The van der Waals surface area contributed by atoms with Crippen molar-refractivity contribution in [2.45, 2.75) is 25.9 Å². The molecular formula is C23H26IN3O3. The first kappa shape index (κ1) is 21.3. The van der Waals surface area contributed by atoms with E-state index in [2.05, 4.69) is 38.1 Å². The van der Waals surface area contributed by atoms with Crippen LogP contribution in [-0.4, -0.2) is 43.0 Å². The molecule has 0 saturated carbocycles. The molecule has 0 bridgehead atoms. The van der Waals surface area contributed by atoms with Gasteiger partial charge < -0.3 is 10.1 Å². The Balaban J connectivity index is 1.16. The highest BCUT2D eigenvalue weighted by Crippen LogP contribution is 2.23. The molecular weight excluding hydrogens is 493 g/mol.